The van der Waals surface area contributed by atoms with Crippen molar-refractivity contribution in [2.75, 3.05) is 0 Å². The topological polar surface area (TPSA) is 66.8 Å². The third kappa shape index (κ3) is 2.13. The molecule has 0 aliphatic heterocycles. The van der Waals surface area contributed by atoms with Gasteiger partial charge in [-0.2, -0.15) is 0 Å². The van der Waals surface area contributed by atoms with Gasteiger partial charge in [-0.1, -0.05) is 48.6 Å². The molecule has 22 heavy (non-hydrogen) atoms. The Morgan fingerprint density at radius 1 is 1.09 bits per heavy atom. The van der Waals surface area contributed by atoms with Crippen molar-refractivity contribution in [2.24, 2.45) is 0 Å². The van der Waals surface area contributed by atoms with Crippen molar-refractivity contribution >= 4 is 24.7 Å². The highest BCUT2D eigenvalue weighted by Crippen LogP contribution is 2.47. The van der Waals surface area contributed by atoms with E-state index in [1.165, 1.54) is 0 Å². The predicted octanol–water partition coefficient (Wildman–Crippen LogP) is 3.92. The van der Waals surface area contributed by atoms with E-state index in [1.54, 1.807) is 6.07 Å². The lowest BCUT2D eigenvalue weighted by molar-refractivity contribution is 0.283. The summed E-state index contributed by atoms with van der Waals surface area (Å²) in [6.07, 6.45) is 10.1. The lowest BCUT2D eigenvalue weighted by atomic mass is 9.79. The van der Waals surface area contributed by atoms with Gasteiger partial charge >= 0.3 is 7.82 Å². The Morgan fingerprint density at radius 2 is 1.95 bits per heavy atom. The van der Waals surface area contributed by atoms with Crippen LogP contribution in [-0.2, 0) is 4.57 Å². The van der Waals surface area contributed by atoms with Gasteiger partial charge in [0.15, 0.2) is 0 Å². The quantitative estimate of drug-likeness (QED) is 0.825. The van der Waals surface area contributed by atoms with Gasteiger partial charge in [0.2, 0.25) is 0 Å². The van der Waals surface area contributed by atoms with Gasteiger partial charge in [-0.3, -0.25) is 9.79 Å². The number of allylic oxidation sites excluding steroid dienone is 5. The number of phosphoric acid groups is 1. The molecule has 2 aliphatic rings. The molecule has 1 unspecified atom stereocenters. The van der Waals surface area contributed by atoms with Crippen LogP contribution < -0.4 is 4.52 Å². The summed E-state index contributed by atoms with van der Waals surface area (Å²) >= 11 is 0. The monoisotopic (exact) mass is 312 g/mol. The highest BCUT2D eigenvalue weighted by molar-refractivity contribution is 7.46. The Labute approximate surface area is 127 Å². The molecule has 5 heteroatoms. The zero-order chi connectivity index (χ0) is 15.3. The zero-order valence-electron chi connectivity index (χ0n) is 11.5. The molecule has 110 valence electrons. The van der Waals surface area contributed by atoms with E-state index >= 15 is 0 Å². The molecule has 0 bridgehead atoms. The Balaban J connectivity index is 2.04. The minimum absolute atomic E-state index is 0.173. The van der Waals surface area contributed by atoms with Gasteiger partial charge in [0.1, 0.15) is 5.75 Å². The van der Waals surface area contributed by atoms with E-state index in [1.807, 2.05) is 48.6 Å². The molecule has 1 atom stereocenters. The van der Waals surface area contributed by atoms with Gasteiger partial charge in [0, 0.05) is 11.5 Å². The van der Waals surface area contributed by atoms with E-state index in [9.17, 15) is 4.57 Å². The first-order valence-electron chi connectivity index (χ1n) is 6.90. The molecule has 4 nitrogen and oxygen atoms in total. The zero-order valence-corrected chi connectivity index (χ0v) is 12.4. The SMILES string of the molecule is O=P(O)(O)Oc1ccc2cccc3c2c1C=C1C=CC=CC13. The highest BCUT2D eigenvalue weighted by Gasteiger charge is 2.26. The Kier molecular flexibility index (Phi) is 2.88. The minimum Gasteiger partial charge on any atom is -0.404 e. The van der Waals surface area contributed by atoms with Gasteiger partial charge in [0.25, 0.3) is 0 Å². The van der Waals surface area contributed by atoms with Crippen LogP contribution in [0, 0.1) is 0 Å². The summed E-state index contributed by atoms with van der Waals surface area (Å²) in [4.78, 5) is 18.3. The summed E-state index contributed by atoms with van der Waals surface area (Å²) in [5, 5.41) is 2.02. The van der Waals surface area contributed by atoms with Crippen LogP contribution in [0.4, 0.5) is 0 Å². The lowest BCUT2D eigenvalue weighted by Crippen LogP contribution is -2.07. The highest BCUT2D eigenvalue weighted by atomic mass is 31.2. The average molecular weight is 312 g/mol. The van der Waals surface area contributed by atoms with E-state index in [-0.39, 0.29) is 11.7 Å². The maximum Gasteiger partial charge on any atom is 0.524 e. The number of fused-ring (bicyclic) bond motifs is 2. The molecule has 0 heterocycles. The second kappa shape index (κ2) is 4.68. The number of hydrogen-bond acceptors (Lipinski definition) is 2. The number of phosphoric ester groups is 1. The van der Waals surface area contributed by atoms with Crippen LogP contribution >= 0.6 is 7.82 Å². The van der Waals surface area contributed by atoms with E-state index in [0.29, 0.717) is 0 Å². The largest absolute Gasteiger partial charge is 0.524 e. The van der Waals surface area contributed by atoms with Crippen molar-refractivity contribution in [1.29, 1.82) is 0 Å². The standard InChI is InChI=1S/C17H13O4P/c18-22(19,20)21-16-9-8-11-5-3-7-14-13-6-2-1-4-12(13)10-15(16)17(11)14/h1-10,13H,(H2,18,19,20). The van der Waals surface area contributed by atoms with E-state index < -0.39 is 7.82 Å². The summed E-state index contributed by atoms with van der Waals surface area (Å²) in [5.41, 5.74) is 2.94. The molecule has 0 saturated carbocycles. The van der Waals surface area contributed by atoms with Gasteiger partial charge in [-0.05, 0) is 34.1 Å². The van der Waals surface area contributed by atoms with Crippen molar-refractivity contribution in [3.63, 3.8) is 0 Å². The van der Waals surface area contributed by atoms with Crippen molar-refractivity contribution in [2.45, 2.75) is 5.92 Å². The smallest absolute Gasteiger partial charge is 0.404 e. The van der Waals surface area contributed by atoms with Crippen molar-refractivity contribution < 1.29 is 18.9 Å². The average Bonchev–Trinajstić information content (AvgIpc) is 2.49. The van der Waals surface area contributed by atoms with Crippen LogP contribution in [0.5, 0.6) is 5.75 Å². The third-order valence-corrected chi connectivity index (χ3v) is 4.44. The van der Waals surface area contributed by atoms with Gasteiger partial charge in [-0.25, -0.2) is 4.57 Å². The molecule has 2 aromatic carbocycles. The Hall–Kier alpha value is -2.13. The van der Waals surface area contributed by atoms with Crippen LogP contribution in [0.25, 0.3) is 16.8 Å². The Morgan fingerprint density at radius 3 is 2.77 bits per heavy atom. The third-order valence-electron chi connectivity index (χ3n) is 4.00. The van der Waals surface area contributed by atoms with Gasteiger partial charge in [0.05, 0.1) is 0 Å². The molecule has 0 spiro atoms. The lowest BCUT2D eigenvalue weighted by Gasteiger charge is -2.26. The fourth-order valence-corrected chi connectivity index (χ4v) is 3.59. The second-order valence-electron chi connectivity index (χ2n) is 5.37. The second-order valence-corrected chi connectivity index (χ2v) is 6.53. The maximum absolute atomic E-state index is 11.2. The van der Waals surface area contributed by atoms with Gasteiger partial charge in [-0.15, -0.1) is 0 Å². The Bertz CT molecular complexity index is 918. The molecule has 4 rings (SSSR count). The normalized spacial score (nSPS) is 19.0. The molecular formula is C17H13O4P. The summed E-state index contributed by atoms with van der Waals surface area (Å²) in [7, 11) is -4.59. The molecule has 0 fully saturated rings. The molecule has 2 aliphatic carbocycles. The van der Waals surface area contributed by atoms with Crippen molar-refractivity contribution in [3.05, 3.63) is 71.3 Å². The predicted molar refractivity (Wildman–Crippen MR) is 85.6 cm³/mol. The van der Waals surface area contributed by atoms with E-state index in [0.717, 1.165) is 27.5 Å². The molecule has 0 aromatic heterocycles. The van der Waals surface area contributed by atoms with Crippen molar-refractivity contribution in [1.82, 2.24) is 0 Å². The fourth-order valence-electron chi connectivity index (χ4n) is 3.17. The number of rotatable bonds is 2. The number of benzene rings is 2. The van der Waals surface area contributed by atoms with Gasteiger partial charge < -0.3 is 4.52 Å². The molecule has 2 aromatic rings. The summed E-state index contributed by atoms with van der Waals surface area (Å²) in [6.45, 7) is 0. The first-order chi connectivity index (χ1) is 10.5. The molecule has 0 saturated heterocycles. The summed E-state index contributed by atoms with van der Waals surface area (Å²) < 4.78 is 16.1. The molecule has 0 amide bonds. The van der Waals surface area contributed by atoms with Crippen LogP contribution in [0.15, 0.2) is 60.2 Å². The van der Waals surface area contributed by atoms with Crippen LogP contribution in [0.3, 0.4) is 0 Å². The van der Waals surface area contributed by atoms with Crippen LogP contribution in [0.1, 0.15) is 17.0 Å². The molecular weight excluding hydrogens is 299 g/mol. The van der Waals surface area contributed by atoms with E-state index in [4.69, 9.17) is 14.3 Å². The first-order valence-corrected chi connectivity index (χ1v) is 8.43. The van der Waals surface area contributed by atoms with E-state index in [2.05, 4.69) is 6.08 Å². The van der Waals surface area contributed by atoms with Crippen molar-refractivity contribution in [3.8, 4) is 5.75 Å². The minimum atomic E-state index is -4.59. The maximum atomic E-state index is 11.2. The van der Waals surface area contributed by atoms with Crippen LogP contribution in [0.2, 0.25) is 0 Å². The summed E-state index contributed by atoms with van der Waals surface area (Å²) in [5.74, 6) is 0.383. The van der Waals surface area contributed by atoms with Crippen LogP contribution in [-0.4, -0.2) is 9.79 Å². The molecule has 2 N–H and O–H groups in total. The fraction of sp³-hybridized carbons (Fsp3) is 0.0588. The first kappa shape index (κ1) is 13.5. The number of hydrogen-bond donors (Lipinski definition) is 2. The molecule has 0 radical (unpaired) electrons. The summed E-state index contributed by atoms with van der Waals surface area (Å²) in [6, 6.07) is 9.48.